The number of carbonyl (C=O) groups excluding carboxylic acids is 2. The van der Waals surface area contributed by atoms with Gasteiger partial charge in [0.15, 0.2) is 0 Å². The highest BCUT2D eigenvalue weighted by Crippen LogP contribution is 2.53. The molecule has 0 radical (unpaired) electrons. The molecule has 8 unspecified atom stereocenters. The first kappa shape index (κ1) is 26.0. The van der Waals surface area contributed by atoms with Crippen molar-refractivity contribution in [2.45, 2.75) is 118 Å². The molecule has 198 valence electrons. The lowest BCUT2D eigenvalue weighted by Gasteiger charge is -2.53. The Labute approximate surface area is 214 Å². The molecule has 6 fully saturated rings. The van der Waals surface area contributed by atoms with Gasteiger partial charge >= 0.3 is 0 Å². The van der Waals surface area contributed by atoms with E-state index in [2.05, 4.69) is 16.1 Å². The Morgan fingerprint density at radius 1 is 1.06 bits per heavy atom. The Bertz CT molecular complexity index is 816. The Hall–Kier alpha value is -0.580. The van der Waals surface area contributed by atoms with Gasteiger partial charge in [-0.2, -0.15) is 5.48 Å². The molecule has 1 heterocycles. The van der Waals surface area contributed by atoms with Gasteiger partial charge < -0.3 is 10.1 Å². The number of rotatable bonds is 6. The van der Waals surface area contributed by atoms with E-state index < -0.39 is 40.3 Å². The third-order valence-corrected chi connectivity index (χ3v) is 9.99. The lowest BCUT2D eigenvalue weighted by atomic mass is 9.55. The molecular formula is C24H35Cl2F2N3O4. The number of hydrogen-bond acceptors (Lipinski definition) is 6. The number of hydroxylamine groups is 1. The minimum atomic E-state index is -1.12. The maximum atomic E-state index is 14.1. The molecule has 8 atom stereocenters. The van der Waals surface area contributed by atoms with Crippen LogP contribution in [0.15, 0.2) is 0 Å². The van der Waals surface area contributed by atoms with Crippen LogP contribution in [-0.4, -0.2) is 65.4 Å². The van der Waals surface area contributed by atoms with Crippen LogP contribution in [0.4, 0.5) is 8.78 Å². The van der Waals surface area contributed by atoms with Crippen LogP contribution in [0.5, 0.6) is 0 Å². The largest absolute Gasteiger partial charge is 0.368 e. The van der Waals surface area contributed by atoms with Crippen LogP contribution >= 0.6 is 23.2 Å². The van der Waals surface area contributed by atoms with Crippen molar-refractivity contribution in [3.05, 3.63) is 0 Å². The van der Waals surface area contributed by atoms with Crippen molar-refractivity contribution >= 4 is 34.9 Å². The van der Waals surface area contributed by atoms with Gasteiger partial charge in [0.1, 0.15) is 31.0 Å². The number of hydrogen-bond donors (Lipinski definition) is 3. The highest BCUT2D eigenvalue weighted by atomic mass is 35.5. The predicted molar refractivity (Wildman–Crippen MR) is 126 cm³/mol. The molecule has 0 aromatic carbocycles. The SMILES string of the molecule is O=C(COC1CCC(Cl)C(F)C1)NC12CCC(C3NC(C4CCC(Cl)C(F)C4)NO3)(CC1)C(=O)C2. The van der Waals surface area contributed by atoms with Crippen molar-refractivity contribution in [2.75, 3.05) is 6.61 Å². The van der Waals surface area contributed by atoms with Crippen LogP contribution in [0, 0.1) is 11.3 Å². The number of carbonyl (C=O) groups is 2. The highest BCUT2D eigenvalue weighted by Gasteiger charge is 2.60. The molecule has 1 aliphatic heterocycles. The summed E-state index contributed by atoms with van der Waals surface area (Å²) in [6.45, 7) is -0.148. The van der Waals surface area contributed by atoms with Gasteiger partial charge in [0.05, 0.1) is 28.4 Å². The highest BCUT2D eigenvalue weighted by molar-refractivity contribution is 6.21. The average Bonchev–Trinajstić information content (AvgIpc) is 3.33. The summed E-state index contributed by atoms with van der Waals surface area (Å²) < 4.78 is 33.6. The van der Waals surface area contributed by atoms with Crippen molar-refractivity contribution in [3.8, 4) is 0 Å². The molecule has 0 aromatic rings. The molecule has 0 spiro atoms. The first-order valence-electron chi connectivity index (χ1n) is 12.9. The second kappa shape index (κ2) is 10.3. The first-order valence-corrected chi connectivity index (χ1v) is 13.8. The molecule has 1 saturated heterocycles. The standard InChI is InChI=1S/C24H35Cl2F2N3O4/c25-15-3-1-13(9-17(15)27)21-29-22(35-31-21)24-7-5-23(6-8-24,11-19(24)32)30-20(33)12-34-14-2-4-16(26)18(28)10-14/h13-18,21-22,29,31H,1-12H2,(H,30,33). The van der Waals surface area contributed by atoms with E-state index in [1.165, 1.54) is 0 Å². The van der Waals surface area contributed by atoms with Crippen molar-refractivity contribution in [2.24, 2.45) is 11.3 Å². The van der Waals surface area contributed by atoms with Gasteiger partial charge in [0.2, 0.25) is 5.91 Å². The van der Waals surface area contributed by atoms with Crippen LogP contribution in [0.3, 0.4) is 0 Å². The molecular weight excluding hydrogens is 503 g/mol. The summed E-state index contributed by atoms with van der Waals surface area (Å²) in [5, 5.41) is 5.55. The van der Waals surface area contributed by atoms with Gasteiger partial charge in [-0.05, 0) is 63.7 Å². The Morgan fingerprint density at radius 3 is 2.40 bits per heavy atom. The number of Topliss-reactive ketones (excluding diaryl/α,β-unsaturated/α-hetero) is 1. The fraction of sp³-hybridized carbons (Fsp3) is 0.917. The third-order valence-electron chi connectivity index (χ3n) is 9.00. The molecule has 35 heavy (non-hydrogen) atoms. The van der Waals surface area contributed by atoms with Crippen molar-refractivity contribution in [1.29, 1.82) is 0 Å². The van der Waals surface area contributed by atoms with Gasteiger partial charge in [-0.3, -0.25) is 19.7 Å². The van der Waals surface area contributed by atoms with Gasteiger partial charge in [-0.25, -0.2) is 8.78 Å². The van der Waals surface area contributed by atoms with Crippen LogP contribution in [0.1, 0.15) is 70.6 Å². The van der Waals surface area contributed by atoms with Crippen LogP contribution in [0.2, 0.25) is 0 Å². The molecule has 5 saturated carbocycles. The average molecular weight is 538 g/mol. The molecule has 6 aliphatic rings. The maximum absolute atomic E-state index is 14.1. The van der Waals surface area contributed by atoms with Crippen molar-refractivity contribution in [3.63, 3.8) is 0 Å². The fourth-order valence-electron chi connectivity index (χ4n) is 6.70. The van der Waals surface area contributed by atoms with Crippen LogP contribution in [-0.2, 0) is 19.2 Å². The van der Waals surface area contributed by atoms with Gasteiger partial charge in [0, 0.05) is 18.4 Å². The van der Waals surface area contributed by atoms with E-state index in [4.69, 9.17) is 32.8 Å². The summed E-state index contributed by atoms with van der Waals surface area (Å²) in [6.07, 6.45) is 2.79. The third kappa shape index (κ3) is 5.23. The second-order valence-corrected chi connectivity index (χ2v) is 12.3. The lowest BCUT2D eigenvalue weighted by molar-refractivity contribution is -0.160. The number of amides is 1. The summed E-state index contributed by atoms with van der Waals surface area (Å²) >= 11 is 11.9. The van der Waals surface area contributed by atoms with Crippen LogP contribution in [0.25, 0.3) is 0 Å². The van der Waals surface area contributed by atoms with Crippen molar-refractivity contribution in [1.82, 2.24) is 16.1 Å². The zero-order chi connectivity index (χ0) is 24.8. The molecule has 0 aromatic heterocycles. The van der Waals surface area contributed by atoms with E-state index in [-0.39, 0.29) is 49.3 Å². The minimum Gasteiger partial charge on any atom is -0.368 e. The quantitative estimate of drug-likeness (QED) is 0.450. The molecule has 11 heteroatoms. The molecule has 1 amide bonds. The summed E-state index contributed by atoms with van der Waals surface area (Å²) in [5.74, 6) is -0.151. The molecule has 6 rings (SSSR count). The van der Waals surface area contributed by atoms with E-state index in [1.807, 2.05) is 0 Å². The normalized spacial score (nSPS) is 48.2. The van der Waals surface area contributed by atoms with Gasteiger partial charge in [-0.1, -0.05) is 0 Å². The lowest BCUT2D eigenvalue weighted by Crippen LogP contribution is -2.65. The summed E-state index contributed by atoms with van der Waals surface area (Å²) in [7, 11) is 0. The number of ether oxygens (including phenoxy) is 1. The number of ketones is 1. The Kier molecular flexibility index (Phi) is 7.66. The first-order chi connectivity index (χ1) is 16.7. The number of fused-ring (bicyclic) bond motifs is 3. The molecule has 3 N–H and O–H groups in total. The monoisotopic (exact) mass is 537 g/mol. The molecule has 5 aliphatic carbocycles. The van der Waals surface area contributed by atoms with E-state index in [9.17, 15) is 18.4 Å². The zero-order valence-corrected chi connectivity index (χ0v) is 21.3. The van der Waals surface area contributed by atoms with Crippen LogP contribution < -0.4 is 16.1 Å². The minimum absolute atomic E-state index is 0.0502. The van der Waals surface area contributed by atoms with E-state index in [1.54, 1.807) is 0 Å². The van der Waals surface area contributed by atoms with E-state index in [0.717, 1.165) is 6.42 Å². The fourth-order valence-corrected chi connectivity index (χ4v) is 7.16. The number of nitrogens with one attached hydrogen (secondary N) is 3. The number of halogens is 4. The Morgan fingerprint density at radius 2 is 1.74 bits per heavy atom. The van der Waals surface area contributed by atoms with Crippen molar-refractivity contribution < 1.29 is 27.9 Å². The zero-order valence-electron chi connectivity index (χ0n) is 19.7. The summed E-state index contributed by atoms with van der Waals surface area (Å²) in [6, 6.07) is 0. The predicted octanol–water partition coefficient (Wildman–Crippen LogP) is 3.41. The smallest absolute Gasteiger partial charge is 0.246 e. The summed E-state index contributed by atoms with van der Waals surface area (Å²) in [5.41, 5.74) is 1.79. The van der Waals surface area contributed by atoms with E-state index >= 15 is 0 Å². The van der Waals surface area contributed by atoms with Gasteiger partial charge in [0.25, 0.3) is 0 Å². The molecule has 7 nitrogen and oxygen atoms in total. The Balaban J connectivity index is 1.12. The van der Waals surface area contributed by atoms with E-state index in [0.29, 0.717) is 51.4 Å². The second-order valence-electron chi connectivity index (χ2n) is 11.2. The summed E-state index contributed by atoms with van der Waals surface area (Å²) in [4.78, 5) is 31.8. The topological polar surface area (TPSA) is 88.7 Å². The molecule has 2 bridgehead atoms. The maximum Gasteiger partial charge on any atom is 0.246 e. The van der Waals surface area contributed by atoms with Gasteiger partial charge in [-0.15, -0.1) is 23.2 Å². The number of alkyl halides is 4.